The van der Waals surface area contributed by atoms with Gasteiger partial charge in [0.25, 0.3) is 0 Å². The summed E-state index contributed by atoms with van der Waals surface area (Å²) < 4.78 is 10.9. The average molecular weight is 291 g/mol. The highest BCUT2D eigenvalue weighted by Gasteiger charge is 2.27. The van der Waals surface area contributed by atoms with E-state index in [0.29, 0.717) is 25.2 Å². The number of aryl methyl sites for hydroxylation is 1. The Morgan fingerprint density at radius 3 is 2.24 bits per heavy atom. The van der Waals surface area contributed by atoms with Crippen LogP contribution in [0.15, 0.2) is 18.2 Å². The van der Waals surface area contributed by atoms with Gasteiger partial charge >= 0.3 is 0 Å². The molecule has 2 nitrogen and oxygen atoms in total. The summed E-state index contributed by atoms with van der Waals surface area (Å²) in [6.07, 6.45) is 1.15. The van der Waals surface area contributed by atoms with Gasteiger partial charge in [-0.05, 0) is 48.3 Å². The lowest BCUT2D eigenvalue weighted by molar-refractivity contribution is 0.119. The summed E-state index contributed by atoms with van der Waals surface area (Å²) >= 11 is 0. The molecule has 21 heavy (non-hydrogen) atoms. The van der Waals surface area contributed by atoms with Crippen molar-refractivity contribution in [2.45, 2.75) is 53.4 Å². The van der Waals surface area contributed by atoms with Crippen molar-refractivity contribution in [1.29, 1.82) is 0 Å². The van der Waals surface area contributed by atoms with Crippen LogP contribution < -0.4 is 4.74 Å². The third kappa shape index (κ3) is 6.09. The molecular weight excluding hydrogens is 260 g/mol. The first-order chi connectivity index (χ1) is 9.65. The molecule has 0 aliphatic carbocycles. The van der Waals surface area contributed by atoms with Crippen LogP contribution >= 0.6 is 0 Å². The van der Waals surface area contributed by atoms with Crippen LogP contribution in [-0.4, -0.2) is 19.8 Å². The van der Waals surface area contributed by atoms with Crippen LogP contribution in [0.4, 0.5) is 0 Å². The first-order valence-corrected chi connectivity index (χ1v) is 7.77. The minimum atomic E-state index is 0.165. The molecule has 0 bridgehead atoms. The molecule has 119 valence electrons. The number of ether oxygens (including phenoxy) is 2. The van der Waals surface area contributed by atoms with E-state index in [-0.39, 0.29) is 5.41 Å². The predicted octanol–water partition coefficient (Wildman–Crippen LogP) is 4.94. The molecule has 0 spiro atoms. The van der Waals surface area contributed by atoms with E-state index >= 15 is 0 Å². The minimum Gasteiger partial charge on any atom is -0.491 e. The van der Waals surface area contributed by atoms with Crippen LogP contribution in [0.5, 0.6) is 5.75 Å². The summed E-state index contributed by atoms with van der Waals surface area (Å²) in [5.74, 6) is 0.943. The van der Waals surface area contributed by atoms with Crippen molar-refractivity contribution in [3.63, 3.8) is 0 Å². The largest absolute Gasteiger partial charge is 0.491 e. The van der Waals surface area contributed by atoms with Gasteiger partial charge in [0.05, 0.1) is 6.61 Å². The summed E-state index contributed by atoms with van der Waals surface area (Å²) in [5.41, 5.74) is 3.04. The molecular formula is C19H31O2. The molecule has 0 fully saturated rings. The normalized spacial score (nSPS) is 12.5. The number of benzene rings is 1. The molecule has 1 aromatic rings. The second kappa shape index (κ2) is 7.31. The molecule has 0 unspecified atom stereocenters. The van der Waals surface area contributed by atoms with Crippen molar-refractivity contribution in [3.8, 4) is 5.75 Å². The van der Waals surface area contributed by atoms with Gasteiger partial charge < -0.3 is 9.47 Å². The van der Waals surface area contributed by atoms with Gasteiger partial charge in [-0.1, -0.05) is 46.8 Å². The van der Waals surface area contributed by atoms with Crippen LogP contribution in [0.25, 0.3) is 0 Å². The van der Waals surface area contributed by atoms with Crippen LogP contribution in [0.1, 0.15) is 52.2 Å². The second-order valence-electron chi connectivity index (χ2n) is 7.56. The van der Waals surface area contributed by atoms with E-state index < -0.39 is 0 Å². The Bertz CT molecular complexity index is 441. The third-order valence-electron chi connectivity index (χ3n) is 3.56. The van der Waals surface area contributed by atoms with Gasteiger partial charge in [0, 0.05) is 6.61 Å². The lowest BCUT2D eigenvalue weighted by Crippen LogP contribution is -2.24. The summed E-state index contributed by atoms with van der Waals surface area (Å²) in [5, 5.41) is 0. The molecule has 0 heterocycles. The monoisotopic (exact) mass is 291 g/mol. The fourth-order valence-corrected chi connectivity index (χ4v) is 2.97. The Morgan fingerprint density at radius 1 is 1.05 bits per heavy atom. The molecule has 0 saturated heterocycles. The Hall–Kier alpha value is -1.02. The maximum atomic E-state index is 5.75. The molecule has 0 N–H and O–H groups in total. The van der Waals surface area contributed by atoms with Gasteiger partial charge in [-0.3, -0.25) is 0 Å². The van der Waals surface area contributed by atoms with E-state index in [4.69, 9.17) is 9.47 Å². The SMILES string of the molecule is [CH2]COCCOc1ccc(C(C)(C)CC(C)(C)C)cc1C. The summed E-state index contributed by atoms with van der Waals surface area (Å²) in [4.78, 5) is 0. The first kappa shape index (κ1) is 18.0. The van der Waals surface area contributed by atoms with Crippen molar-refractivity contribution in [2.24, 2.45) is 5.41 Å². The van der Waals surface area contributed by atoms with Crippen molar-refractivity contribution in [3.05, 3.63) is 36.2 Å². The van der Waals surface area contributed by atoms with Gasteiger partial charge in [-0.25, -0.2) is 0 Å². The lowest BCUT2D eigenvalue weighted by Gasteiger charge is -2.33. The Balaban J connectivity index is 2.77. The molecule has 0 aliphatic heterocycles. The fraction of sp³-hybridized carbons (Fsp3) is 0.632. The smallest absolute Gasteiger partial charge is 0.122 e. The van der Waals surface area contributed by atoms with Gasteiger partial charge in [0.15, 0.2) is 0 Å². The summed E-state index contributed by atoms with van der Waals surface area (Å²) in [6, 6.07) is 6.53. The Morgan fingerprint density at radius 2 is 1.71 bits per heavy atom. The topological polar surface area (TPSA) is 18.5 Å². The maximum Gasteiger partial charge on any atom is 0.122 e. The average Bonchev–Trinajstić information content (AvgIpc) is 2.33. The molecule has 1 radical (unpaired) electrons. The van der Waals surface area contributed by atoms with Crippen LogP contribution in [-0.2, 0) is 10.2 Å². The molecule has 0 aromatic heterocycles. The molecule has 0 aliphatic rings. The predicted molar refractivity (Wildman–Crippen MR) is 89.9 cm³/mol. The van der Waals surface area contributed by atoms with Crippen molar-refractivity contribution < 1.29 is 9.47 Å². The highest BCUT2D eigenvalue weighted by Crippen LogP contribution is 2.37. The van der Waals surface area contributed by atoms with Crippen molar-refractivity contribution in [2.75, 3.05) is 19.8 Å². The highest BCUT2D eigenvalue weighted by atomic mass is 16.5. The van der Waals surface area contributed by atoms with Gasteiger partial charge in [-0.2, -0.15) is 0 Å². The zero-order chi connectivity index (χ0) is 16.1. The Labute approximate surface area is 130 Å². The van der Waals surface area contributed by atoms with E-state index in [0.717, 1.165) is 12.2 Å². The lowest BCUT2D eigenvalue weighted by atomic mass is 9.72. The summed E-state index contributed by atoms with van der Waals surface area (Å²) in [6.45, 7) is 18.9. The van der Waals surface area contributed by atoms with E-state index in [9.17, 15) is 0 Å². The van der Waals surface area contributed by atoms with E-state index in [1.165, 1.54) is 11.1 Å². The van der Waals surface area contributed by atoms with Gasteiger partial charge in [-0.15, -0.1) is 0 Å². The van der Waals surface area contributed by atoms with Crippen molar-refractivity contribution >= 4 is 0 Å². The van der Waals surface area contributed by atoms with Gasteiger partial charge in [0.1, 0.15) is 12.4 Å². The molecule has 0 saturated carbocycles. The number of rotatable bonds is 7. The minimum absolute atomic E-state index is 0.165. The quantitative estimate of drug-likeness (QED) is 0.663. The van der Waals surface area contributed by atoms with Crippen molar-refractivity contribution in [1.82, 2.24) is 0 Å². The van der Waals surface area contributed by atoms with Crippen LogP contribution in [0.3, 0.4) is 0 Å². The van der Waals surface area contributed by atoms with Gasteiger partial charge in [0.2, 0.25) is 0 Å². The maximum absolute atomic E-state index is 5.75. The molecule has 1 rings (SSSR count). The fourth-order valence-electron chi connectivity index (χ4n) is 2.97. The van der Waals surface area contributed by atoms with Crippen LogP contribution in [0.2, 0.25) is 0 Å². The summed E-state index contributed by atoms with van der Waals surface area (Å²) in [7, 11) is 0. The second-order valence-corrected chi connectivity index (χ2v) is 7.56. The molecule has 1 aromatic carbocycles. The van der Waals surface area contributed by atoms with E-state index in [1.807, 2.05) is 0 Å². The van der Waals surface area contributed by atoms with E-state index in [2.05, 4.69) is 66.7 Å². The standard InChI is InChI=1S/C19H31O2/c1-8-20-11-12-21-17-10-9-16(13-15(17)2)19(6,7)14-18(3,4)5/h9-10,13H,1,8,11-12,14H2,2-7H3. The number of hydrogen-bond acceptors (Lipinski definition) is 2. The molecule has 2 heteroatoms. The first-order valence-electron chi connectivity index (χ1n) is 7.77. The van der Waals surface area contributed by atoms with E-state index in [1.54, 1.807) is 0 Å². The van der Waals surface area contributed by atoms with Crippen LogP contribution in [0, 0.1) is 19.3 Å². The number of hydrogen-bond donors (Lipinski definition) is 0. The zero-order valence-corrected chi connectivity index (χ0v) is 14.6. The molecule has 0 atom stereocenters. The zero-order valence-electron chi connectivity index (χ0n) is 14.6. The highest BCUT2D eigenvalue weighted by molar-refractivity contribution is 5.39. The molecule has 0 amide bonds. The third-order valence-corrected chi connectivity index (χ3v) is 3.56. The Kier molecular flexibility index (Phi) is 6.27.